The smallest absolute Gasteiger partial charge is 0.109 e. The van der Waals surface area contributed by atoms with E-state index in [-0.39, 0.29) is 0 Å². The molecule has 114 valence electrons. The van der Waals surface area contributed by atoms with Gasteiger partial charge < -0.3 is 0 Å². The first-order valence-corrected chi connectivity index (χ1v) is 9.64. The normalized spacial score (nSPS) is 60.1. The van der Waals surface area contributed by atoms with E-state index in [4.69, 9.17) is 0 Å². The third kappa shape index (κ3) is 1.51. The van der Waals surface area contributed by atoms with Gasteiger partial charge in [0.1, 0.15) is 6.17 Å². The highest BCUT2D eigenvalue weighted by Crippen LogP contribution is 2.63. The van der Waals surface area contributed by atoms with Gasteiger partial charge in [-0.15, -0.1) is 0 Å². The highest BCUT2D eigenvalue weighted by molar-refractivity contribution is 5.34. The molecule has 8 aliphatic rings. The summed E-state index contributed by atoms with van der Waals surface area (Å²) in [5.41, 5.74) is 3.59. The highest BCUT2D eigenvalue weighted by Gasteiger charge is 2.55. The molecule has 0 spiro atoms. The standard InChI is InChI=1S/C20H27F/c21-20-16-7-12-6-15(9-16)19(17(20)8-12)18-13-2-10-1-11(4-13)5-14(18)3-10/h10-17,20H,1-9H2/t10?,11?,12-,13?,14?,15+,16-,17+,20+/m1/s1. The lowest BCUT2D eigenvalue weighted by Crippen LogP contribution is -2.50. The zero-order valence-electron chi connectivity index (χ0n) is 12.9. The summed E-state index contributed by atoms with van der Waals surface area (Å²) in [7, 11) is 0. The van der Waals surface area contributed by atoms with Crippen molar-refractivity contribution in [1.29, 1.82) is 0 Å². The van der Waals surface area contributed by atoms with E-state index in [2.05, 4.69) is 0 Å². The SMILES string of the molecule is F[C@H]1[C@@H]2C[C@H]3C[C@@H](C2)C(=C2C4CC5CC(C4)CC2C5)[C@@H]1C3. The zero-order chi connectivity index (χ0) is 13.7. The second kappa shape index (κ2) is 3.95. The van der Waals surface area contributed by atoms with Crippen LogP contribution in [-0.2, 0) is 0 Å². The predicted octanol–water partition coefficient (Wildman–Crippen LogP) is 5.14. The molecule has 8 rings (SSSR count). The lowest BCUT2D eigenvalue weighted by molar-refractivity contribution is -0.0187. The first kappa shape index (κ1) is 12.1. The van der Waals surface area contributed by atoms with E-state index in [0.717, 1.165) is 35.5 Å². The van der Waals surface area contributed by atoms with Crippen LogP contribution in [0.15, 0.2) is 11.1 Å². The van der Waals surface area contributed by atoms with Gasteiger partial charge in [-0.2, -0.15) is 0 Å². The van der Waals surface area contributed by atoms with Crippen LogP contribution in [0.25, 0.3) is 0 Å². The summed E-state index contributed by atoms with van der Waals surface area (Å²) in [4.78, 5) is 0. The number of halogens is 1. The largest absolute Gasteiger partial charge is 0.247 e. The van der Waals surface area contributed by atoms with Crippen LogP contribution in [0.1, 0.15) is 57.8 Å². The molecule has 0 amide bonds. The molecule has 8 bridgehead atoms. The first-order valence-electron chi connectivity index (χ1n) is 9.64. The van der Waals surface area contributed by atoms with Crippen molar-refractivity contribution in [3.8, 4) is 0 Å². The van der Waals surface area contributed by atoms with E-state index < -0.39 is 6.17 Å². The van der Waals surface area contributed by atoms with Crippen LogP contribution in [0.5, 0.6) is 0 Å². The molecule has 21 heavy (non-hydrogen) atoms. The number of hydrogen-bond acceptors (Lipinski definition) is 0. The van der Waals surface area contributed by atoms with Crippen LogP contribution >= 0.6 is 0 Å². The van der Waals surface area contributed by atoms with E-state index >= 15 is 0 Å². The average molecular weight is 286 g/mol. The van der Waals surface area contributed by atoms with Gasteiger partial charge in [0.25, 0.3) is 0 Å². The Morgan fingerprint density at radius 2 is 1.14 bits per heavy atom. The summed E-state index contributed by atoms with van der Waals surface area (Å²) in [6, 6.07) is 0. The number of hydrogen-bond donors (Lipinski definition) is 0. The first-order chi connectivity index (χ1) is 10.3. The summed E-state index contributed by atoms with van der Waals surface area (Å²) < 4.78 is 14.9. The van der Waals surface area contributed by atoms with Crippen molar-refractivity contribution in [1.82, 2.24) is 0 Å². The highest BCUT2D eigenvalue weighted by atomic mass is 19.1. The van der Waals surface area contributed by atoms with Crippen LogP contribution < -0.4 is 0 Å². The summed E-state index contributed by atoms with van der Waals surface area (Å²) >= 11 is 0. The Bertz CT molecular complexity index is 488. The van der Waals surface area contributed by atoms with Crippen molar-refractivity contribution in [2.75, 3.05) is 0 Å². The van der Waals surface area contributed by atoms with Crippen molar-refractivity contribution in [3.63, 3.8) is 0 Å². The fourth-order valence-electron chi connectivity index (χ4n) is 8.22. The number of allylic oxidation sites excluding steroid dienone is 2. The maximum absolute atomic E-state index is 14.9. The zero-order valence-corrected chi connectivity index (χ0v) is 12.9. The second-order valence-corrected chi connectivity index (χ2v) is 9.53. The molecule has 0 unspecified atom stereocenters. The molecule has 0 N–H and O–H groups in total. The summed E-state index contributed by atoms with van der Waals surface area (Å²) in [5, 5.41) is 0. The van der Waals surface area contributed by atoms with Crippen molar-refractivity contribution in [3.05, 3.63) is 11.1 Å². The summed E-state index contributed by atoms with van der Waals surface area (Å²) in [5.74, 6) is 6.35. The minimum Gasteiger partial charge on any atom is -0.247 e. The molecule has 5 atom stereocenters. The van der Waals surface area contributed by atoms with E-state index in [1.165, 1.54) is 57.8 Å². The second-order valence-electron chi connectivity index (χ2n) is 9.53. The number of rotatable bonds is 0. The topological polar surface area (TPSA) is 0 Å². The van der Waals surface area contributed by atoms with Gasteiger partial charge >= 0.3 is 0 Å². The molecular weight excluding hydrogens is 259 g/mol. The van der Waals surface area contributed by atoms with Crippen LogP contribution in [0.3, 0.4) is 0 Å². The molecule has 0 aromatic rings. The van der Waals surface area contributed by atoms with E-state index in [1.54, 1.807) is 5.57 Å². The fraction of sp³-hybridized carbons (Fsp3) is 0.900. The van der Waals surface area contributed by atoms with Crippen LogP contribution in [0.2, 0.25) is 0 Å². The van der Waals surface area contributed by atoms with Crippen molar-refractivity contribution >= 4 is 0 Å². The van der Waals surface area contributed by atoms with Crippen LogP contribution in [0, 0.1) is 47.3 Å². The summed E-state index contributed by atoms with van der Waals surface area (Å²) in [6.07, 6.45) is 12.0. The monoisotopic (exact) mass is 286 g/mol. The third-order valence-electron chi connectivity index (χ3n) is 8.45. The number of alkyl halides is 1. The van der Waals surface area contributed by atoms with Crippen LogP contribution in [0.4, 0.5) is 4.39 Å². The van der Waals surface area contributed by atoms with E-state index in [9.17, 15) is 4.39 Å². The molecule has 0 nitrogen and oxygen atoms in total. The molecule has 0 aromatic carbocycles. The molecule has 0 aromatic heterocycles. The van der Waals surface area contributed by atoms with Crippen molar-refractivity contribution in [2.24, 2.45) is 47.3 Å². The third-order valence-corrected chi connectivity index (χ3v) is 8.45. The lowest BCUT2D eigenvalue weighted by atomic mass is 9.47. The Hall–Kier alpha value is -0.330. The van der Waals surface area contributed by atoms with E-state index in [1.807, 2.05) is 5.57 Å². The molecule has 0 radical (unpaired) electrons. The molecular formula is C20H27F. The Balaban J connectivity index is 1.47. The van der Waals surface area contributed by atoms with Gasteiger partial charge in [-0.1, -0.05) is 11.1 Å². The van der Waals surface area contributed by atoms with Gasteiger partial charge in [0.05, 0.1) is 0 Å². The molecule has 8 saturated carbocycles. The minimum absolute atomic E-state index is 0.369. The molecule has 0 aliphatic heterocycles. The quantitative estimate of drug-likeness (QED) is 0.541. The lowest BCUT2D eigenvalue weighted by Gasteiger charge is -2.58. The van der Waals surface area contributed by atoms with E-state index in [0.29, 0.717) is 11.8 Å². The average Bonchev–Trinajstić information content (AvgIpc) is 2.45. The van der Waals surface area contributed by atoms with Gasteiger partial charge in [-0.3, -0.25) is 0 Å². The predicted molar refractivity (Wildman–Crippen MR) is 81.4 cm³/mol. The molecule has 8 fully saturated rings. The molecule has 8 aliphatic carbocycles. The maximum atomic E-state index is 14.9. The Kier molecular flexibility index (Phi) is 2.28. The van der Waals surface area contributed by atoms with Crippen LogP contribution in [-0.4, -0.2) is 6.17 Å². The minimum atomic E-state index is -0.475. The maximum Gasteiger partial charge on any atom is 0.109 e. The molecule has 0 saturated heterocycles. The molecule has 1 heteroatoms. The van der Waals surface area contributed by atoms with Gasteiger partial charge in [-0.05, 0) is 99.2 Å². The van der Waals surface area contributed by atoms with Crippen molar-refractivity contribution < 1.29 is 4.39 Å². The van der Waals surface area contributed by atoms with Gasteiger partial charge in [0, 0.05) is 5.92 Å². The van der Waals surface area contributed by atoms with Gasteiger partial charge in [0.2, 0.25) is 0 Å². The Labute approximate surface area is 127 Å². The van der Waals surface area contributed by atoms with Gasteiger partial charge in [0.15, 0.2) is 0 Å². The Morgan fingerprint density at radius 1 is 0.571 bits per heavy atom. The van der Waals surface area contributed by atoms with Crippen molar-refractivity contribution in [2.45, 2.75) is 64.0 Å². The molecule has 0 heterocycles. The summed E-state index contributed by atoms with van der Waals surface area (Å²) in [6.45, 7) is 0. The fourth-order valence-corrected chi connectivity index (χ4v) is 8.22. The Morgan fingerprint density at radius 3 is 1.81 bits per heavy atom. The van der Waals surface area contributed by atoms with Gasteiger partial charge in [-0.25, -0.2) is 4.39 Å².